The van der Waals surface area contributed by atoms with Gasteiger partial charge in [-0.05, 0) is 29.7 Å². The maximum absolute atomic E-state index is 13.6. The van der Waals surface area contributed by atoms with Crippen molar-refractivity contribution in [2.24, 2.45) is 0 Å². The topological polar surface area (TPSA) is 20.2 Å². The van der Waals surface area contributed by atoms with Gasteiger partial charge in [0.1, 0.15) is 17.7 Å². The summed E-state index contributed by atoms with van der Waals surface area (Å²) in [7, 11) is 0. The zero-order valence-corrected chi connectivity index (χ0v) is 10.7. The normalized spacial score (nSPS) is 12.4. The molecule has 2 aromatic rings. The van der Waals surface area contributed by atoms with Crippen molar-refractivity contribution in [2.75, 3.05) is 0 Å². The van der Waals surface area contributed by atoms with Gasteiger partial charge in [-0.2, -0.15) is 0 Å². The van der Waals surface area contributed by atoms with Gasteiger partial charge in [-0.1, -0.05) is 43.7 Å². The van der Waals surface area contributed by atoms with Crippen molar-refractivity contribution in [3.8, 4) is 0 Å². The molecule has 0 saturated heterocycles. The Morgan fingerprint density at radius 3 is 2.11 bits per heavy atom. The molecule has 0 heterocycles. The van der Waals surface area contributed by atoms with Gasteiger partial charge < -0.3 is 5.11 Å². The van der Waals surface area contributed by atoms with Gasteiger partial charge in [0.25, 0.3) is 0 Å². The summed E-state index contributed by atoms with van der Waals surface area (Å²) in [6.07, 6.45) is 0.700. The van der Waals surface area contributed by atoms with Gasteiger partial charge in [-0.15, -0.1) is 0 Å². The minimum atomic E-state index is -1.28. The molecule has 0 aliphatic rings. The van der Waals surface area contributed by atoms with Gasteiger partial charge in [-0.3, -0.25) is 0 Å². The van der Waals surface area contributed by atoms with E-state index >= 15 is 0 Å². The van der Waals surface area contributed by atoms with Crippen molar-refractivity contribution in [1.29, 1.82) is 0 Å². The number of halogens is 2. The zero-order chi connectivity index (χ0) is 13.8. The van der Waals surface area contributed by atoms with Crippen LogP contribution in [-0.2, 0) is 6.42 Å². The van der Waals surface area contributed by atoms with Crippen LogP contribution in [-0.4, -0.2) is 5.11 Å². The number of aliphatic hydroxyl groups is 1. The first-order valence-electron chi connectivity index (χ1n) is 6.34. The van der Waals surface area contributed by atoms with Crippen molar-refractivity contribution >= 4 is 0 Å². The van der Waals surface area contributed by atoms with Crippen LogP contribution in [0.3, 0.4) is 0 Å². The highest BCUT2D eigenvalue weighted by Gasteiger charge is 2.19. The zero-order valence-electron chi connectivity index (χ0n) is 10.7. The van der Waals surface area contributed by atoms with Crippen LogP contribution in [0.25, 0.3) is 0 Å². The summed E-state index contributed by atoms with van der Waals surface area (Å²) >= 11 is 0. The SMILES string of the molecule is CCCc1ccc(C(O)c2c(F)cccc2F)cc1. The van der Waals surface area contributed by atoms with Gasteiger partial charge in [-0.25, -0.2) is 8.78 Å². The van der Waals surface area contributed by atoms with E-state index in [0.29, 0.717) is 5.56 Å². The Kier molecular flexibility index (Phi) is 4.27. The van der Waals surface area contributed by atoms with Crippen LogP contribution >= 0.6 is 0 Å². The Morgan fingerprint density at radius 1 is 1.00 bits per heavy atom. The molecule has 100 valence electrons. The molecule has 1 N–H and O–H groups in total. The smallest absolute Gasteiger partial charge is 0.132 e. The van der Waals surface area contributed by atoms with E-state index in [0.717, 1.165) is 30.5 Å². The molecule has 2 rings (SSSR count). The highest BCUT2D eigenvalue weighted by Crippen LogP contribution is 2.27. The Morgan fingerprint density at radius 2 is 1.58 bits per heavy atom. The summed E-state index contributed by atoms with van der Waals surface area (Å²) in [6.45, 7) is 2.08. The summed E-state index contributed by atoms with van der Waals surface area (Å²) in [5.74, 6) is -1.46. The molecular weight excluding hydrogens is 246 g/mol. The van der Waals surface area contributed by atoms with E-state index in [1.54, 1.807) is 12.1 Å². The largest absolute Gasteiger partial charge is 0.383 e. The van der Waals surface area contributed by atoms with E-state index in [2.05, 4.69) is 6.92 Å². The number of aliphatic hydroxyl groups excluding tert-OH is 1. The fourth-order valence-electron chi connectivity index (χ4n) is 2.09. The van der Waals surface area contributed by atoms with E-state index in [-0.39, 0.29) is 5.56 Å². The number of aryl methyl sites for hydroxylation is 1. The van der Waals surface area contributed by atoms with Crippen LogP contribution < -0.4 is 0 Å². The number of rotatable bonds is 4. The van der Waals surface area contributed by atoms with Crippen LogP contribution in [0.2, 0.25) is 0 Å². The summed E-state index contributed by atoms with van der Waals surface area (Å²) < 4.78 is 27.2. The first-order chi connectivity index (χ1) is 9.13. The van der Waals surface area contributed by atoms with Crippen LogP contribution in [0.1, 0.15) is 36.1 Å². The summed E-state index contributed by atoms with van der Waals surface area (Å²) in [5.41, 5.74) is 1.34. The molecule has 0 amide bonds. The molecular formula is C16H16F2O. The average molecular weight is 262 g/mol. The Bertz CT molecular complexity index is 529. The monoisotopic (exact) mass is 262 g/mol. The first-order valence-corrected chi connectivity index (χ1v) is 6.34. The number of benzene rings is 2. The second-order valence-electron chi connectivity index (χ2n) is 4.53. The molecule has 0 aliphatic carbocycles. The molecule has 1 atom stereocenters. The van der Waals surface area contributed by atoms with Gasteiger partial charge in [0.15, 0.2) is 0 Å². The lowest BCUT2D eigenvalue weighted by Gasteiger charge is -2.13. The fourth-order valence-corrected chi connectivity index (χ4v) is 2.09. The van der Waals surface area contributed by atoms with E-state index in [1.807, 2.05) is 12.1 Å². The Balaban J connectivity index is 2.31. The van der Waals surface area contributed by atoms with Crippen molar-refractivity contribution < 1.29 is 13.9 Å². The van der Waals surface area contributed by atoms with Gasteiger partial charge in [0.2, 0.25) is 0 Å². The molecule has 0 bridgehead atoms. The van der Waals surface area contributed by atoms with Crippen LogP contribution in [0.15, 0.2) is 42.5 Å². The Hall–Kier alpha value is -1.74. The molecule has 2 aromatic carbocycles. The lowest BCUT2D eigenvalue weighted by molar-refractivity contribution is 0.209. The van der Waals surface area contributed by atoms with Gasteiger partial charge >= 0.3 is 0 Å². The first kappa shape index (κ1) is 13.7. The van der Waals surface area contributed by atoms with E-state index < -0.39 is 17.7 Å². The third-order valence-corrected chi connectivity index (χ3v) is 3.11. The van der Waals surface area contributed by atoms with Gasteiger partial charge in [0.05, 0.1) is 5.56 Å². The second-order valence-corrected chi connectivity index (χ2v) is 4.53. The van der Waals surface area contributed by atoms with Crippen molar-refractivity contribution in [3.63, 3.8) is 0 Å². The molecule has 1 unspecified atom stereocenters. The predicted molar refractivity (Wildman–Crippen MR) is 70.9 cm³/mol. The Labute approximate surface area is 111 Å². The summed E-state index contributed by atoms with van der Waals surface area (Å²) in [4.78, 5) is 0. The minimum absolute atomic E-state index is 0.300. The number of hydrogen-bond acceptors (Lipinski definition) is 1. The van der Waals surface area contributed by atoms with Crippen molar-refractivity contribution in [3.05, 3.63) is 70.8 Å². The van der Waals surface area contributed by atoms with Gasteiger partial charge in [0, 0.05) is 0 Å². The van der Waals surface area contributed by atoms with E-state index in [1.165, 1.54) is 6.07 Å². The lowest BCUT2D eigenvalue weighted by atomic mass is 9.98. The molecule has 0 spiro atoms. The number of hydrogen-bond donors (Lipinski definition) is 1. The fraction of sp³-hybridized carbons (Fsp3) is 0.250. The van der Waals surface area contributed by atoms with Crippen LogP contribution in [0.4, 0.5) is 8.78 Å². The lowest BCUT2D eigenvalue weighted by Crippen LogP contribution is -2.05. The summed E-state index contributed by atoms with van der Waals surface area (Å²) in [6, 6.07) is 10.7. The van der Waals surface area contributed by atoms with E-state index in [4.69, 9.17) is 0 Å². The predicted octanol–water partition coefficient (Wildman–Crippen LogP) is 4.00. The molecule has 1 nitrogen and oxygen atoms in total. The second kappa shape index (κ2) is 5.93. The third-order valence-electron chi connectivity index (χ3n) is 3.11. The maximum Gasteiger partial charge on any atom is 0.132 e. The minimum Gasteiger partial charge on any atom is -0.383 e. The molecule has 0 aliphatic heterocycles. The molecule has 0 fully saturated rings. The summed E-state index contributed by atoms with van der Waals surface area (Å²) in [5, 5.41) is 10.1. The third kappa shape index (κ3) is 2.99. The molecule has 0 aromatic heterocycles. The standard InChI is InChI=1S/C16H16F2O/c1-2-4-11-7-9-12(10-8-11)16(19)15-13(17)5-3-6-14(15)18/h3,5-10,16,19H,2,4H2,1H3. The van der Waals surface area contributed by atoms with Crippen molar-refractivity contribution in [1.82, 2.24) is 0 Å². The van der Waals surface area contributed by atoms with Crippen LogP contribution in [0, 0.1) is 11.6 Å². The average Bonchev–Trinajstić information content (AvgIpc) is 2.39. The maximum atomic E-state index is 13.6. The molecule has 0 saturated carbocycles. The molecule has 3 heteroatoms. The molecule has 0 radical (unpaired) electrons. The van der Waals surface area contributed by atoms with E-state index in [9.17, 15) is 13.9 Å². The highest BCUT2D eigenvalue weighted by atomic mass is 19.1. The van der Waals surface area contributed by atoms with Crippen LogP contribution in [0.5, 0.6) is 0 Å². The highest BCUT2D eigenvalue weighted by molar-refractivity contribution is 5.33. The van der Waals surface area contributed by atoms with Crippen molar-refractivity contribution in [2.45, 2.75) is 25.9 Å². The quantitative estimate of drug-likeness (QED) is 0.883. The molecule has 19 heavy (non-hydrogen) atoms.